The topological polar surface area (TPSA) is 63.8 Å². The highest BCUT2D eigenvalue weighted by Crippen LogP contribution is 2.22. The van der Waals surface area contributed by atoms with Crippen molar-refractivity contribution < 1.29 is 14.6 Å². The van der Waals surface area contributed by atoms with Crippen molar-refractivity contribution in [3.8, 4) is 5.75 Å². The molecule has 0 fully saturated rings. The molecule has 0 amide bonds. The van der Waals surface area contributed by atoms with Gasteiger partial charge in [-0.1, -0.05) is 0 Å². The number of nitrogens with zero attached hydrogens (tertiary/aromatic N) is 2. The number of esters is 1. The molecule has 0 unspecified atom stereocenters. The van der Waals surface area contributed by atoms with Crippen LogP contribution < -0.4 is 0 Å². The average Bonchev–Trinajstić information content (AvgIpc) is 2.56. The molecule has 0 bridgehead atoms. The first-order chi connectivity index (χ1) is 7.54. The quantitative estimate of drug-likeness (QED) is 0.738. The Hall–Kier alpha value is -2.04. The lowest BCUT2D eigenvalue weighted by molar-refractivity contribution is 0.0599. The highest BCUT2D eigenvalue weighted by Gasteiger charge is 2.13. The van der Waals surface area contributed by atoms with E-state index in [0.29, 0.717) is 11.2 Å². The summed E-state index contributed by atoms with van der Waals surface area (Å²) in [5.41, 5.74) is 2.45. The first-order valence-electron chi connectivity index (χ1n) is 4.81. The van der Waals surface area contributed by atoms with Gasteiger partial charge < -0.3 is 14.2 Å². The monoisotopic (exact) mass is 220 g/mol. The van der Waals surface area contributed by atoms with Gasteiger partial charge in [0.2, 0.25) is 0 Å². The number of imidazole rings is 1. The second-order valence-electron chi connectivity index (χ2n) is 3.58. The Morgan fingerprint density at radius 1 is 1.50 bits per heavy atom. The Morgan fingerprint density at radius 3 is 2.81 bits per heavy atom. The van der Waals surface area contributed by atoms with Crippen molar-refractivity contribution in [1.82, 2.24) is 9.38 Å². The molecule has 1 N–H and O–H groups in total. The summed E-state index contributed by atoms with van der Waals surface area (Å²) in [7, 11) is 1.30. The van der Waals surface area contributed by atoms with Crippen LogP contribution in [0.25, 0.3) is 5.65 Å². The van der Waals surface area contributed by atoms with Crippen molar-refractivity contribution in [2.24, 2.45) is 0 Å². The van der Waals surface area contributed by atoms with Crippen molar-refractivity contribution in [2.45, 2.75) is 13.8 Å². The van der Waals surface area contributed by atoms with E-state index in [1.807, 2.05) is 13.8 Å². The van der Waals surface area contributed by atoms with E-state index in [1.165, 1.54) is 13.2 Å². The number of carbonyl (C=O) groups is 1. The molecule has 84 valence electrons. The van der Waals surface area contributed by atoms with Crippen molar-refractivity contribution >= 4 is 11.6 Å². The summed E-state index contributed by atoms with van der Waals surface area (Å²) >= 11 is 0. The van der Waals surface area contributed by atoms with Gasteiger partial charge in [0, 0.05) is 11.9 Å². The van der Waals surface area contributed by atoms with Crippen LogP contribution in [0.3, 0.4) is 0 Å². The van der Waals surface area contributed by atoms with E-state index < -0.39 is 5.97 Å². The molecule has 2 heterocycles. The zero-order chi connectivity index (χ0) is 11.9. The summed E-state index contributed by atoms with van der Waals surface area (Å²) in [6.07, 6.45) is 1.61. The molecular weight excluding hydrogens is 208 g/mol. The first kappa shape index (κ1) is 10.5. The summed E-state index contributed by atoms with van der Waals surface area (Å²) in [5.74, 6) is -0.512. The van der Waals surface area contributed by atoms with Gasteiger partial charge in [-0.25, -0.2) is 9.78 Å². The molecule has 2 aromatic heterocycles. The minimum Gasteiger partial charge on any atom is -0.504 e. The Labute approximate surface area is 92.3 Å². The lowest BCUT2D eigenvalue weighted by atomic mass is 10.2. The van der Waals surface area contributed by atoms with E-state index in [-0.39, 0.29) is 5.75 Å². The van der Waals surface area contributed by atoms with E-state index in [2.05, 4.69) is 9.72 Å². The number of hydrogen-bond donors (Lipinski definition) is 1. The number of fused-ring (bicyclic) bond motifs is 1. The molecule has 0 aliphatic carbocycles. The van der Waals surface area contributed by atoms with Crippen molar-refractivity contribution in [3.05, 3.63) is 29.2 Å². The van der Waals surface area contributed by atoms with Gasteiger partial charge >= 0.3 is 5.97 Å². The average molecular weight is 220 g/mol. The van der Waals surface area contributed by atoms with Gasteiger partial charge in [0.1, 0.15) is 0 Å². The van der Waals surface area contributed by atoms with E-state index >= 15 is 0 Å². The summed E-state index contributed by atoms with van der Waals surface area (Å²) in [6.45, 7) is 3.72. The number of carbonyl (C=O) groups excluding carboxylic acids is 1. The number of pyridine rings is 1. The maximum atomic E-state index is 11.4. The third kappa shape index (κ3) is 1.41. The van der Waals surface area contributed by atoms with Gasteiger partial charge in [-0.05, 0) is 19.9 Å². The Balaban J connectivity index is 2.75. The number of aryl methyl sites for hydroxylation is 2. The highest BCUT2D eigenvalue weighted by atomic mass is 16.5. The van der Waals surface area contributed by atoms with Crippen LogP contribution >= 0.6 is 0 Å². The minimum absolute atomic E-state index is 0.0286. The third-order valence-electron chi connectivity index (χ3n) is 2.60. The zero-order valence-electron chi connectivity index (χ0n) is 9.31. The number of ether oxygens (including phenoxy) is 1. The van der Waals surface area contributed by atoms with Crippen LogP contribution in [0.1, 0.15) is 21.7 Å². The lowest BCUT2D eigenvalue weighted by Crippen LogP contribution is -2.03. The number of rotatable bonds is 1. The summed E-state index contributed by atoms with van der Waals surface area (Å²) in [4.78, 5) is 15.6. The van der Waals surface area contributed by atoms with Gasteiger partial charge in [0.15, 0.2) is 11.4 Å². The second-order valence-corrected chi connectivity index (χ2v) is 3.58. The fourth-order valence-corrected chi connectivity index (χ4v) is 1.58. The number of aromatic hydroxyl groups is 1. The van der Waals surface area contributed by atoms with Crippen molar-refractivity contribution in [1.29, 1.82) is 0 Å². The highest BCUT2D eigenvalue weighted by molar-refractivity contribution is 5.90. The van der Waals surface area contributed by atoms with Gasteiger partial charge in [-0.3, -0.25) is 0 Å². The van der Waals surface area contributed by atoms with Crippen molar-refractivity contribution in [3.63, 3.8) is 0 Å². The standard InChI is InChI=1S/C11H12N2O3/c1-6-7(2)13-5-8(11(15)16-3)4-9(14)10(13)12-6/h4-5,14H,1-3H3. The number of aromatic nitrogens is 2. The molecule has 5 heteroatoms. The number of methoxy groups -OCH3 is 1. The van der Waals surface area contributed by atoms with E-state index in [1.54, 1.807) is 10.6 Å². The largest absolute Gasteiger partial charge is 0.504 e. The normalized spacial score (nSPS) is 10.7. The van der Waals surface area contributed by atoms with Crippen LogP contribution in [0.4, 0.5) is 0 Å². The summed E-state index contributed by atoms with van der Waals surface area (Å²) in [6, 6.07) is 1.35. The predicted molar refractivity (Wildman–Crippen MR) is 57.7 cm³/mol. The fourth-order valence-electron chi connectivity index (χ4n) is 1.58. The molecule has 0 aliphatic rings. The first-order valence-corrected chi connectivity index (χ1v) is 4.81. The Morgan fingerprint density at radius 2 is 2.19 bits per heavy atom. The molecule has 0 saturated carbocycles. The van der Waals surface area contributed by atoms with Gasteiger partial charge in [0.05, 0.1) is 18.4 Å². The SMILES string of the molecule is COC(=O)c1cc(O)c2nc(C)c(C)n2c1. The van der Waals surface area contributed by atoms with Gasteiger partial charge in [-0.2, -0.15) is 0 Å². The molecule has 0 spiro atoms. The molecule has 2 rings (SSSR count). The molecule has 0 aromatic carbocycles. The second kappa shape index (κ2) is 3.52. The number of hydrogen-bond acceptors (Lipinski definition) is 4. The van der Waals surface area contributed by atoms with Gasteiger partial charge in [-0.15, -0.1) is 0 Å². The van der Waals surface area contributed by atoms with E-state index in [9.17, 15) is 9.90 Å². The minimum atomic E-state index is -0.483. The van der Waals surface area contributed by atoms with E-state index in [4.69, 9.17) is 0 Å². The molecule has 0 atom stereocenters. The van der Waals surface area contributed by atoms with Crippen molar-refractivity contribution in [2.75, 3.05) is 7.11 Å². The van der Waals surface area contributed by atoms with Crippen LogP contribution in [0.2, 0.25) is 0 Å². The zero-order valence-corrected chi connectivity index (χ0v) is 9.31. The molecule has 0 saturated heterocycles. The maximum Gasteiger partial charge on any atom is 0.339 e. The molecule has 16 heavy (non-hydrogen) atoms. The van der Waals surface area contributed by atoms with Crippen LogP contribution in [-0.4, -0.2) is 27.6 Å². The van der Waals surface area contributed by atoms with E-state index in [0.717, 1.165) is 11.4 Å². The van der Waals surface area contributed by atoms with Crippen LogP contribution in [0.15, 0.2) is 12.3 Å². The maximum absolute atomic E-state index is 11.4. The third-order valence-corrected chi connectivity index (χ3v) is 2.60. The molecule has 2 aromatic rings. The smallest absolute Gasteiger partial charge is 0.339 e. The van der Waals surface area contributed by atoms with Crippen LogP contribution in [-0.2, 0) is 4.74 Å². The van der Waals surface area contributed by atoms with Gasteiger partial charge in [0.25, 0.3) is 0 Å². The molecule has 0 aliphatic heterocycles. The predicted octanol–water partition coefficient (Wildman–Crippen LogP) is 1.44. The summed E-state index contributed by atoms with van der Waals surface area (Å²) in [5, 5.41) is 9.74. The Kier molecular flexibility index (Phi) is 2.30. The molecule has 0 radical (unpaired) electrons. The van der Waals surface area contributed by atoms with Crippen LogP contribution in [0, 0.1) is 13.8 Å². The molecule has 5 nitrogen and oxygen atoms in total. The van der Waals surface area contributed by atoms with Crippen LogP contribution in [0.5, 0.6) is 5.75 Å². The lowest BCUT2D eigenvalue weighted by Gasteiger charge is -2.03. The summed E-state index contributed by atoms with van der Waals surface area (Å²) < 4.78 is 6.28. The fraction of sp³-hybridized carbons (Fsp3) is 0.273. The Bertz CT molecular complexity index is 572. The molecular formula is C11H12N2O3.